The van der Waals surface area contributed by atoms with E-state index >= 15 is 0 Å². The molecule has 21 heteroatoms. The Hall–Kier alpha value is -6.76. The van der Waals surface area contributed by atoms with Gasteiger partial charge in [0.15, 0.2) is 49.6 Å². The van der Waals surface area contributed by atoms with Crippen molar-refractivity contribution in [2.75, 3.05) is 0 Å². The largest absolute Gasteiger partial charge is 4.00 e. The van der Waals surface area contributed by atoms with Gasteiger partial charge >= 0.3 is 26.2 Å². The Morgan fingerprint density at radius 3 is 0.469 bits per heavy atom. The number of carboxylic acids is 8. The number of aliphatic carboxylic acids is 8. The van der Waals surface area contributed by atoms with Gasteiger partial charge in [-0.25, -0.2) is 19.9 Å². The zero-order valence-corrected chi connectivity index (χ0v) is 26.7. The Morgan fingerprint density at radius 1 is 0.286 bits per heavy atom. The van der Waals surface area contributed by atoms with Crippen LogP contribution in [0.15, 0.2) is 98.1 Å². The Bertz CT molecular complexity index is 1340. The number of carbonyl (C=O) groups is 8. The molecule has 0 aliphatic heterocycles. The summed E-state index contributed by atoms with van der Waals surface area (Å²) >= 11 is 0. The number of H-pyrrole nitrogens is 4. The van der Waals surface area contributed by atoms with Crippen LogP contribution < -0.4 is 60.8 Å². The molecule has 0 aromatic carbocycles. The second kappa shape index (κ2) is 27.5. The van der Waals surface area contributed by atoms with Gasteiger partial charge in [-0.15, -0.1) is 0 Å². The molecule has 0 atom stereocenters. The van der Waals surface area contributed by atoms with E-state index in [1.807, 2.05) is 49.6 Å². The third-order valence-corrected chi connectivity index (χ3v) is 4.21. The van der Waals surface area contributed by atoms with E-state index in [1.165, 1.54) is 22.3 Å². The van der Waals surface area contributed by atoms with Gasteiger partial charge in [0.05, 0.1) is 47.8 Å². The normalized spacial score (nSPS) is 8.33. The molecule has 252 valence electrons. The van der Waals surface area contributed by atoms with Crippen LogP contribution in [0.25, 0.3) is 22.3 Å². The molecule has 49 heavy (non-hydrogen) atoms. The molecule has 4 heterocycles. The van der Waals surface area contributed by atoms with Crippen molar-refractivity contribution >= 4 is 47.8 Å². The number of aromatic nitrogens is 4. The average Bonchev–Trinajstić information content (AvgIpc) is 3.07. The Morgan fingerprint density at radius 2 is 0.388 bits per heavy atom. The summed E-state index contributed by atoms with van der Waals surface area (Å²) in [5.74, 6) is -17.5. The molecule has 0 bridgehead atoms. The fraction of sp³-hybridized carbons (Fsp3) is 0. The molecule has 4 aromatic heterocycles. The van der Waals surface area contributed by atoms with Crippen molar-refractivity contribution in [3.8, 4) is 22.3 Å². The van der Waals surface area contributed by atoms with Crippen LogP contribution in [0.3, 0.4) is 0 Å². The van der Waals surface area contributed by atoms with Crippen molar-refractivity contribution in [2.45, 2.75) is 0 Å². The van der Waals surface area contributed by atoms with E-state index < -0.39 is 47.8 Å². The minimum Gasteiger partial charge on any atom is -0.543 e. The Kier molecular flexibility index (Phi) is 26.2. The number of hydrogen-bond acceptors (Lipinski definition) is 16. The number of carbonyl (C=O) groups excluding carboxylic acids is 8. The van der Waals surface area contributed by atoms with Gasteiger partial charge in [0.1, 0.15) is 0 Å². The van der Waals surface area contributed by atoms with E-state index in [4.69, 9.17) is 79.2 Å². The van der Waals surface area contributed by atoms with E-state index in [9.17, 15) is 0 Å². The van der Waals surface area contributed by atoms with Gasteiger partial charge in [-0.05, 0) is 22.3 Å². The summed E-state index contributed by atoms with van der Waals surface area (Å²) in [6.45, 7) is 0. The first-order valence-corrected chi connectivity index (χ1v) is 12.1. The summed E-state index contributed by atoms with van der Waals surface area (Å²) in [6, 6.07) is 16.4. The fourth-order valence-electron chi connectivity index (χ4n) is 2.32. The molecule has 0 amide bonds. The predicted molar refractivity (Wildman–Crippen MR) is 130 cm³/mol. The summed E-state index contributed by atoms with van der Waals surface area (Å²) in [4.78, 5) is 83.4. The van der Waals surface area contributed by atoms with E-state index in [0.29, 0.717) is 0 Å². The number of carboxylic acid groups (broad SMARTS) is 8. The van der Waals surface area contributed by atoms with Crippen molar-refractivity contribution in [1.82, 2.24) is 0 Å². The molecule has 0 radical (unpaired) electrons. The van der Waals surface area contributed by atoms with Crippen LogP contribution in [0.5, 0.6) is 0 Å². The summed E-state index contributed by atoms with van der Waals surface area (Å²) in [5, 5.41) is 71.4. The molecule has 4 N–H and O–H groups in total. The molecule has 0 unspecified atom stereocenters. The van der Waals surface area contributed by atoms with E-state index in [2.05, 4.69) is 68.5 Å². The molecule has 4 aromatic rings. The topological polar surface area (TPSA) is 378 Å². The van der Waals surface area contributed by atoms with Gasteiger partial charge in [-0.3, -0.25) is 0 Å². The molecule has 0 aliphatic carbocycles. The zero-order chi connectivity index (χ0) is 37.1. The SMILES string of the molecule is O=C([O-])C(=O)[O-].O=C([O-])C(=O)[O-].O=C([O-])C(=O)[O-].O=C([O-])C(=O)[O-].[Zr+4].c1cc(-c2cc[nH+]cc2)cc[nH+]1.c1cc(-c2cc[nH+]cc2)cc[nH+]1. The first kappa shape index (κ1) is 46.7. The zero-order valence-electron chi connectivity index (χ0n) is 24.3. The maximum absolute atomic E-state index is 8.93. The molecule has 0 aliphatic rings. The second-order valence-electron chi connectivity index (χ2n) is 7.45. The van der Waals surface area contributed by atoms with Crippen LogP contribution in [-0.4, -0.2) is 47.8 Å². The van der Waals surface area contributed by atoms with Gasteiger partial charge in [0, 0.05) is 48.5 Å². The monoisotopic (exact) mass is 758 g/mol. The Balaban J connectivity index is -0.000000537. The molecular formula is C28H20N4O16Zr. The molecule has 20 nitrogen and oxygen atoms in total. The summed E-state index contributed by atoms with van der Waals surface area (Å²) in [6.07, 6.45) is 15.4. The molecule has 0 spiro atoms. The number of hydrogen-bond donors (Lipinski definition) is 0. The first-order chi connectivity index (χ1) is 22.5. The van der Waals surface area contributed by atoms with Gasteiger partial charge < -0.3 is 79.2 Å². The van der Waals surface area contributed by atoms with Crippen LogP contribution in [-0.2, 0) is 64.6 Å². The van der Waals surface area contributed by atoms with Gasteiger partial charge in [-0.1, -0.05) is 0 Å². The van der Waals surface area contributed by atoms with Crippen LogP contribution in [0.4, 0.5) is 0 Å². The van der Waals surface area contributed by atoms with Crippen LogP contribution in [0.1, 0.15) is 0 Å². The number of nitrogens with one attached hydrogen (secondary N) is 4. The molecule has 0 fully saturated rings. The first-order valence-electron chi connectivity index (χ1n) is 12.1. The minimum atomic E-state index is -2.19. The standard InChI is InChI=1S/2C10H8N2.4C2H2O4.Zr/c2*1-5-11-6-2-9(1)10-3-7-12-8-4-10;4*3-1(4)2(5)6;/h2*1-8H;4*(H,3,4)(H,5,6);/q;;;;;;+4/p-4. The number of rotatable bonds is 2. The van der Waals surface area contributed by atoms with Crippen molar-refractivity contribution in [1.29, 1.82) is 0 Å². The van der Waals surface area contributed by atoms with E-state index in [1.54, 1.807) is 0 Å². The van der Waals surface area contributed by atoms with Crippen LogP contribution in [0.2, 0.25) is 0 Å². The van der Waals surface area contributed by atoms with E-state index in [-0.39, 0.29) is 26.2 Å². The van der Waals surface area contributed by atoms with E-state index in [0.717, 1.165) is 0 Å². The quantitative estimate of drug-likeness (QED) is 0.171. The van der Waals surface area contributed by atoms with Crippen LogP contribution >= 0.6 is 0 Å². The van der Waals surface area contributed by atoms with Crippen molar-refractivity contribution in [3.63, 3.8) is 0 Å². The third-order valence-electron chi connectivity index (χ3n) is 4.21. The average molecular weight is 760 g/mol. The van der Waals surface area contributed by atoms with Gasteiger partial charge in [-0.2, -0.15) is 0 Å². The summed E-state index contributed by atoms with van der Waals surface area (Å²) < 4.78 is 0. The summed E-state index contributed by atoms with van der Waals surface area (Å²) in [7, 11) is 0. The minimum absolute atomic E-state index is 0. The van der Waals surface area contributed by atoms with Crippen LogP contribution in [0, 0.1) is 0 Å². The third kappa shape index (κ3) is 26.2. The maximum atomic E-state index is 8.93. The molecule has 0 saturated heterocycles. The van der Waals surface area contributed by atoms with Gasteiger partial charge in [0.25, 0.3) is 0 Å². The smallest absolute Gasteiger partial charge is 0.543 e. The summed E-state index contributed by atoms with van der Waals surface area (Å²) in [5.41, 5.74) is 4.90. The molecular weight excluding hydrogens is 740 g/mol. The fourth-order valence-corrected chi connectivity index (χ4v) is 2.32. The predicted octanol–water partition coefficient (Wildman–Crippen LogP) is -12.1. The van der Waals surface area contributed by atoms with Gasteiger partial charge in [0.2, 0.25) is 0 Å². The molecule has 0 saturated carbocycles. The molecule has 4 rings (SSSR count). The van der Waals surface area contributed by atoms with Crippen molar-refractivity contribution < 1.29 is 125 Å². The van der Waals surface area contributed by atoms with Crippen molar-refractivity contribution in [2.24, 2.45) is 0 Å². The maximum Gasteiger partial charge on any atom is 4.00 e. The van der Waals surface area contributed by atoms with Crippen molar-refractivity contribution in [3.05, 3.63) is 98.1 Å². The second-order valence-corrected chi connectivity index (χ2v) is 7.45. The number of pyridine rings is 4. The number of aromatic amines is 4. The Labute approximate surface area is 292 Å².